The van der Waals surface area contributed by atoms with Gasteiger partial charge in [0.1, 0.15) is 6.61 Å². The molecule has 0 spiro atoms. The van der Waals surface area contributed by atoms with Crippen LogP contribution < -0.4 is 0 Å². The monoisotopic (exact) mass is 265 g/mol. The van der Waals surface area contributed by atoms with Gasteiger partial charge in [0.2, 0.25) is 5.91 Å². The molecule has 0 aromatic rings. The van der Waals surface area contributed by atoms with Crippen molar-refractivity contribution in [3.63, 3.8) is 0 Å². The number of likely N-dealkylation sites (tertiary alicyclic amines) is 1. The molecule has 100 valence electrons. The van der Waals surface area contributed by atoms with Crippen molar-refractivity contribution in [1.82, 2.24) is 4.90 Å². The molecule has 0 atom stereocenters. The lowest BCUT2D eigenvalue weighted by atomic mass is 10.4. The van der Waals surface area contributed by atoms with Gasteiger partial charge in [-0.15, -0.1) is 0 Å². The molecule has 1 aliphatic rings. The lowest BCUT2D eigenvalue weighted by Gasteiger charge is -2.19. The number of nitrogens with zero attached hydrogens (tertiary/aromatic N) is 1. The number of carbonyl (C=O) groups excluding carboxylic acids is 1. The van der Waals surface area contributed by atoms with Crippen LogP contribution in [0.1, 0.15) is 26.7 Å². The summed E-state index contributed by atoms with van der Waals surface area (Å²) < 4.78 is 26.7. The number of hydrogen-bond donors (Lipinski definition) is 0. The Balaban J connectivity index is 2.40. The van der Waals surface area contributed by atoms with Gasteiger partial charge in [-0.2, -0.15) is 0 Å². The first-order valence-corrected chi connectivity index (χ1v) is 7.38. The lowest BCUT2D eigenvalue weighted by Crippen LogP contribution is -2.31. The highest BCUT2D eigenvalue weighted by molar-refractivity contribution is 7.48. The molecule has 0 bridgehead atoms. The number of amides is 1. The average Bonchev–Trinajstić information content (AvgIpc) is 2.80. The van der Waals surface area contributed by atoms with Gasteiger partial charge in [-0.25, -0.2) is 4.57 Å². The molecule has 0 saturated carbocycles. The van der Waals surface area contributed by atoms with E-state index in [-0.39, 0.29) is 25.7 Å². The van der Waals surface area contributed by atoms with Crippen molar-refractivity contribution in [1.29, 1.82) is 0 Å². The van der Waals surface area contributed by atoms with Gasteiger partial charge < -0.3 is 4.90 Å². The van der Waals surface area contributed by atoms with Crippen LogP contribution in [0.2, 0.25) is 0 Å². The van der Waals surface area contributed by atoms with Gasteiger partial charge in [0.05, 0.1) is 13.2 Å². The summed E-state index contributed by atoms with van der Waals surface area (Å²) in [5.41, 5.74) is 0. The molecule has 1 fully saturated rings. The Hall–Kier alpha value is -0.420. The Morgan fingerprint density at radius 1 is 1.12 bits per heavy atom. The molecule has 0 unspecified atom stereocenters. The maximum atomic E-state index is 11.9. The summed E-state index contributed by atoms with van der Waals surface area (Å²) in [4.78, 5) is 13.4. The fraction of sp³-hybridized carbons (Fsp3) is 0.900. The molecular formula is C10H20NO5P. The van der Waals surface area contributed by atoms with Gasteiger partial charge in [0.15, 0.2) is 0 Å². The van der Waals surface area contributed by atoms with E-state index >= 15 is 0 Å². The minimum Gasteiger partial charge on any atom is -0.341 e. The molecule has 1 amide bonds. The summed E-state index contributed by atoms with van der Waals surface area (Å²) in [6, 6.07) is 0. The molecule has 1 aliphatic heterocycles. The van der Waals surface area contributed by atoms with Crippen molar-refractivity contribution in [2.75, 3.05) is 32.9 Å². The highest BCUT2D eigenvalue weighted by Crippen LogP contribution is 2.49. The van der Waals surface area contributed by atoms with E-state index in [0.29, 0.717) is 0 Å². The van der Waals surface area contributed by atoms with Crippen molar-refractivity contribution >= 4 is 13.7 Å². The standard InChI is InChI=1S/C10H20NO5P/c1-3-14-17(13,15-4-2)16-9-10(12)11-7-5-6-8-11/h3-9H2,1-2H3. The first-order chi connectivity index (χ1) is 8.11. The molecular weight excluding hydrogens is 245 g/mol. The van der Waals surface area contributed by atoms with E-state index in [1.165, 1.54) is 0 Å². The number of carbonyl (C=O) groups is 1. The summed E-state index contributed by atoms with van der Waals surface area (Å²) in [6.07, 6.45) is 2.03. The van der Waals surface area contributed by atoms with E-state index in [4.69, 9.17) is 13.6 Å². The van der Waals surface area contributed by atoms with Crippen LogP contribution >= 0.6 is 7.82 Å². The number of hydrogen-bond acceptors (Lipinski definition) is 5. The van der Waals surface area contributed by atoms with Crippen LogP contribution in [0.4, 0.5) is 0 Å². The fourth-order valence-electron chi connectivity index (χ4n) is 1.62. The zero-order valence-corrected chi connectivity index (χ0v) is 11.3. The summed E-state index contributed by atoms with van der Waals surface area (Å²) in [7, 11) is -3.56. The number of rotatable bonds is 7. The van der Waals surface area contributed by atoms with Crippen molar-refractivity contribution in [2.45, 2.75) is 26.7 Å². The summed E-state index contributed by atoms with van der Waals surface area (Å²) >= 11 is 0. The third-order valence-electron chi connectivity index (χ3n) is 2.38. The third kappa shape index (κ3) is 4.76. The zero-order chi connectivity index (χ0) is 12.7. The minimum absolute atomic E-state index is 0.165. The quantitative estimate of drug-likeness (QED) is 0.657. The first kappa shape index (κ1) is 14.6. The van der Waals surface area contributed by atoms with E-state index in [2.05, 4.69) is 0 Å². The fourth-order valence-corrected chi connectivity index (χ4v) is 2.74. The summed E-state index contributed by atoms with van der Waals surface area (Å²) in [5, 5.41) is 0. The third-order valence-corrected chi connectivity index (χ3v) is 3.97. The highest BCUT2D eigenvalue weighted by Gasteiger charge is 2.28. The molecule has 6 nitrogen and oxygen atoms in total. The highest BCUT2D eigenvalue weighted by atomic mass is 31.2. The van der Waals surface area contributed by atoms with E-state index in [1.807, 2.05) is 0 Å². The van der Waals surface area contributed by atoms with Crippen LogP contribution in [0, 0.1) is 0 Å². The van der Waals surface area contributed by atoms with Crippen LogP contribution in [-0.2, 0) is 22.9 Å². The lowest BCUT2D eigenvalue weighted by molar-refractivity contribution is -0.132. The maximum absolute atomic E-state index is 11.9. The zero-order valence-electron chi connectivity index (χ0n) is 10.4. The van der Waals surface area contributed by atoms with Gasteiger partial charge in [0, 0.05) is 13.1 Å². The van der Waals surface area contributed by atoms with E-state index in [0.717, 1.165) is 25.9 Å². The molecule has 0 radical (unpaired) electrons. The van der Waals surface area contributed by atoms with Crippen LogP contribution in [0.25, 0.3) is 0 Å². The predicted molar refractivity (Wildman–Crippen MR) is 62.6 cm³/mol. The molecule has 1 heterocycles. The number of phosphoric acid groups is 1. The Kier molecular flexibility index (Phi) is 6.12. The smallest absolute Gasteiger partial charge is 0.341 e. The van der Waals surface area contributed by atoms with E-state index in [1.54, 1.807) is 18.7 Å². The maximum Gasteiger partial charge on any atom is 0.475 e. The molecule has 0 aromatic carbocycles. The van der Waals surface area contributed by atoms with E-state index in [9.17, 15) is 9.36 Å². The minimum atomic E-state index is -3.56. The molecule has 0 N–H and O–H groups in total. The van der Waals surface area contributed by atoms with Gasteiger partial charge in [-0.3, -0.25) is 18.4 Å². The second-order valence-corrected chi connectivity index (χ2v) is 5.31. The van der Waals surface area contributed by atoms with Gasteiger partial charge >= 0.3 is 7.82 Å². The van der Waals surface area contributed by atoms with Crippen molar-refractivity contribution in [3.8, 4) is 0 Å². The van der Waals surface area contributed by atoms with Crippen LogP contribution in [0.5, 0.6) is 0 Å². The summed E-state index contributed by atoms with van der Waals surface area (Å²) in [5.74, 6) is -0.165. The molecule has 0 aromatic heterocycles. The number of phosphoric ester groups is 1. The molecule has 1 rings (SSSR count). The van der Waals surface area contributed by atoms with Gasteiger partial charge in [-0.05, 0) is 26.7 Å². The van der Waals surface area contributed by atoms with Crippen molar-refractivity contribution in [3.05, 3.63) is 0 Å². The van der Waals surface area contributed by atoms with Crippen molar-refractivity contribution in [2.24, 2.45) is 0 Å². The normalized spacial score (nSPS) is 16.5. The molecule has 17 heavy (non-hydrogen) atoms. The van der Waals surface area contributed by atoms with Crippen LogP contribution in [0.15, 0.2) is 0 Å². The second-order valence-electron chi connectivity index (χ2n) is 3.64. The van der Waals surface area contributed by atoms with Gasteiger partial charge in [-0.1, -0.05) is 0 Å². The SMILES string of the molecule is CCOP(=O)(OCC)OCC(=O)N1CCCC1. The first-order valence-electron chi connectivity index (χ1n) is 5.92. The Labute approximate surface area is 102 Å². The molecule has 7 heteroatoms. The predicted octanol–water partition coefficient (Wildman–Crippen LogP) is 1.81. The Bertz CT molecular complexity index is 280. The Morgan fingerprint density at radius 2 is 1.65 bits per heavy atom. The van der Waals surface area contributed by atoms with Crippen molar-refractivity contribution < 1.29 is 22.9 Å². The van der Waals surface area contributed by atoms with Crippen LogP contribution in [0.3, 0.4) is 0 Å². The second kappa shape index (κ2) is 7.11. The van der Waals surface area contributed by atoms with E-state index < -0.39 is 7.82 Å². The Morgan fingerprint density at radius 3 is 2.12 bits per heavy atom. The summed E-state index contributed by atoms with van der Waals surface area (Å²) in [6.45, 7) is 5.06. The largest absolute Gasteiger partial charge is 0.475 e. The van der Waals surface area contributed by atoms with Gasteiger partial charge in [0.25, 0.3) is 0 Å². The molecule has 1 saturated heterocycles. The average molecular weight is 265 g/mol. The van der Waals surface area contributed by atoms with Crippen LogP contribution in [-0.4, -0.2) is 43.7 Å². The molecule has 0 aliphatic carbocycles. The topological polar surface area (TPSA) is 65.1 Å².